The van der Waals surface area contributed by atoms with Crippen molar-refractivity contribution in [3.8, 4) is 0 Å². The molecule has 1 saturated carbocycles. The molecule has 0 aromatic carbocycles. The minimum absolute atomic E-state index is 0.477. The molecule has 1 fully saturated rings. The molecule has 2 aliphatic rings. The van der Waals surface area contributed by atoms with Gasteiger partial charge in [-0.2, -0.15) is 0 Å². The van der Waals surface area contributed by atoms with Crippen LogP contribution in [0.4, 0.5) is 0 Å². The quantitative estimate of drug-likeness (QED) is 0.667. The third kappa shape index (κ3) is 2.20. The number of hydrogen-bond acceptors (Lipinski definition) is 1. The van der Waals surface area contributed by atoms with Crippen LogP contribution in [0.3, 0.4) is 0 Å². The molecule has 16 heavy (non-hydrogen) atoms. The fourth-order valence-corrected chi connectivity index (χ4v) is 3.63. The predicted octanol–water partition coefficient (Wildman–Crippen LogP) is 3.92. The normalized spacial score (nSPS) is 36.2. The van der Waals surface area contributed by atoms with Gasteiger partial charge in [0.05, 0.1) is 5.60 Å². The molecule has 2 aliphatic carbocycles. The van der Waals surface area contributed by atoms with Crippen LogP contribution in [0.5, 0.6) is 0 Å². The van der Waals surface area contributed by atoms with Crippen LogP contribution in [0.2, 0.25) is 0 Å². The van der Waals surface area contributed by atoms with Crippen molar-refractivity contribution in [3.05, 3.63) is 11.1 Å². The van der Waals surface area contributed by atoms with E-state index in [2.05, 4.69) is 13.8 Å². The number of allylic oxidation sites excluding steroid dienone is 2. The Morgan fingerprint density at radius 3 is 2.50 bits per heavy atom. The maximum absolute atomic E-state index is 10.2. The van der Waals surface area contributed by atoms with Gasteiger partial charge in [0.15, 0.2) is 0 Å². The molecule has 1 nitrogen and oxygen atoms in total. The van der Waals surface area contributed by atoms with Gasteiger partial charge in [-0.3, -0.25) is 0 Å². The first kappa shape index (κ1) is 12.2. The number of aliphatic hydroxyl groups is 1. The summed E-state index contributed by atoms with van der Waals surface area (Å²) < 4.78 is 0. The van der Waals surface area contributed by atoms with Crippen molar-refractivity contribution >= 4 is 0 Å². The summed E-state index contributed by atoms with van der Waals surface area (Å²) in [4.78, 5) is 0. The van der Waals surface area contributed by atoms with Crippen molar-refractivity contribution < 1.29 is 5.11 Å². The van der Waals surface area contributed by atoms with Gasteiger partial charge in [-0.15, -0.1) is 0 Å². The molecule has 0 saturated heterocycles. The molecule has 0 aromatic heterocycles. The lowest BCUT2D eigenvalue weighted by atomic mass is 9.79. The molecule has 0 aliphatic heterocycles. The highest BCUT2D eigenvalue weighted by Gasteiger charge is 2.37. The number of hydrogen-bond donors (Lipinski definition) is 1. The zero-order valence-corrected chi connectivity index (χ0v) is 11.2. The maximum Gasteiger partial charge on any atom is 0.0620 e. The third-order valence-electron chi connectivity index (χ3n) is 4.96. The Bertz CT molecular complexity index is 295. The summed E-state index contributed by atoms with van der Waals surface area (Å²) in [7, 11) is 0. The smallest absolute Gasteiger partial charge is 0.0620 e. The predicted molar refractivity (Wildman–Crippen MR) is 68.2 cm³/mol. The van der Waals surface area contributed by atoms with Crippen LogP contribution >= 0.6 is 0 Å². The summed E-state index contributed by atoms with van der Waals surface area (Å²) in [6.07, 6.45) is 6.25. The van der Waals surface area contributed by atoms with E-state index in [1.54, 1.807) is 11.1 Å². The Hall–Kier alpha value is -0.300. The van der Waals surface area contributed by atoms with Gasteiger partial charge in [-0.25, -0.2) is 0 Å². The molecule has 1 N–H and O–H groups in total. The second kappa shape index (κ2) is 4.18. The molecule has 2 rings (SSSR count). The molecule has 2 unspecified atom stereocenters. The molecule has 3 atom stereocenters. The molecule has 92 valence electrons. The lowest BCUT2D eigenvalue weighted by Crippen LogP contribution is -2.32. The average Bonchev–Trinajstić information content (AvgIpc) is 2.42. The average molecular weight is 222 g/mol. The van der Waals surface area contributed by atoms with E-state index in [4.69, 9.17) is 0 Å². The van der Waals surface area contributed by atoms with Gasteiger partial charge in [0.1, 0.15) is 0 Å². The Kier molecular flexibility index (Phi) is 3.18. The van der Waals surface area contributed by atoms with E-state index in [1.165, 1.54) is 32.1 Å². The van der Waals surface area contributed by atoms with Gasteiger partial charge in [0.2, 0.25) is 0 Å². The van der Waals surface area contributed by atoms with E-state index in [9.17, 15) is 5.11 Å². The molecule has 1 heteroatoms. The van der Waals surface area contributed by atoms with E-state index in [0.717, 1.165) is 11.8 Å². The Morgan fingerprint density at radius 1 is 1.19 bits per heavy atom. The van der Waals surface area contributed by atoms with Gasteiger partial charge >= 0.3 is 0 Å². The second-order valence-electron chi connectivity index (χ2n) is 6.55. The highest BCUT2D eigenvalue weighted by Crippen LogP contribution is 2.47. The standard InChI is InChI=1S/C15H26O/c1-10-5-7-12(15(3,4)16)9-14-11(2)6-8-13(10)14/h11-12,14,16H,5-9H2,1-4H3/t11?,12-,14?/m0/s1. The highest BCUT2D eigenvalue weighted by atomic mass is 16.3. The number of rotatable bonds is 1. The van der Waals surface area contributed by atoms with Crippen LogP contribution < -0.4 is 0 Å². The van der Waals surface area contributed by atoms with Gasteiger partial charge in [0, 0.05) is 0 Å². The SMILES string of the molecule is CC1=C2CCC(C)C2C[C@@H](C(C)(C)O)CC1. The molecular formula is C15H26O. The zero-order valence-electron chi connectivity index (χ0n) is 11.2. The van der Waals surface area contributed by atoms with Crippen molar-refractivity contribution in [2.75, 3.05) is 0 Å². The first-order valence-electron chi connectivity index (χ1n) is 6.80. The lowest BCUT2D eigenvalue weighted by molar-refractivity contribution is 0.00398. The van der Waals surface area contributed by atoms with Crippen LogP contribution in [0, 0.1) is 17.8 Å². The molecule has 0 aromatic rings. The second-order valence-corrected chi connectivity index (χ2v) is 6.55. The minimum atomic E-state index is -0.502. The topological polar surface area (TPSA) is 20.2 Å². The van der Waals surface area contributed by atoms with E-state index in [0.29, 0.717) is 5.92 Å². The van der Waals surface area contributed by atoms with Crippen molar-refractivity contribution in [2.45, 2.75) is 65.4 Å². The number of fused-ring (bicyclic) bond motifs is 1. The first-order valence-corrected chi connectivity index (χ1v) is 6.80. The van der Waals surface area contributed by atoms with Crippen molar-refractivity contribution in [1.82, 2.24) is 0 Å². The summed E-state index contributed by atoms with van der Waals surface area (Å²) in [5.41, 5.74) is 2.86. The Balaban J connectivity index is 2.21. The van der Waals surface area contributed by atoms with Gasteiger partial charge in [-0.05, 0) is 70.6 Å². The van der Waals surface area contributed by atoms with Gasteiger partial charge in [0.25, 0.3) is 0 Å². The van der Waals surface area contributed by atoms with Gasteiger partial charge < -0.3 is 5.11 Å². The van der Waals surface area contributed by atoms with Crippen molar-refractivity contribution in [2.24, 2.45) is 17.8 Å². The van der Waals surface area contributed by atoms with Crippen LogP contribution in [-0.4, -0.2) is 10.7 Å². The van der Waals surface area contributed by atoms with Crippen LogP contribution in [-0.2, 0) is 0 Å². The fourth-order valence-electron chi connectivity index (χ4n) is 3.63. The Morgan fingerprint density at radius 2 is 1.88 bits per heavy atom. The molecule has 0 radical (unpaired) electrons. The molecule has 0 spiro atoms. The van der Waals surface area contributed by atoms with E-state index >= 15 is 0 Å². The molecule has 0 bridgehead atoms. The van der Waals surface area contributed by atoms with Crippen molar-refractivity contribution in [3.63, 3.8) is 0 Å². The maximum atomic E-state index is 10.2. The molecule has 0 amide bonds. The Labute approximate surface area is 99.9 Å². The molecular weight excluding hydrogens is 196 g/mol. The van der Waals surface area contributed by atoms with Crippen molar-refractivity contribution in [1.29, 1.82) is 0 Å². The molecule has 0 heterocycles. The summed E-state index contributed by atoms with van der Waals surface area (Å²) in [6, 6.07) is 0. The van der Waals surface area contributed by atoms with E-state index in [-0.39, 0.29) is 0 Å². The largest absolute Gasteiger partial charge is 0.390 e. The first-order chi connectivity index (χ1) is 7.39. The fraction of sp³-hybridized carbons (Fsp3) is 0.867. The summed E-state index contributed by atoms with van der Waals surface area (Å²) in [6.45, 7) is 8.67. The third-order valence-corrected chi connectivity index (χ3v) is 4.96. The summed E-state index contributed by atoms with van der Waals surface area (Å²) in [5.74, 6) is 2.07. The van der Waals surface area contributed by atoms with Crippen LogP contribution in [0.25, 0.3) is 0 Å². The van der Waals surface area contributed by atoms with Crippen LogP contribution in [0.15, 0.2) is 11.1 Å². The highest BCUT2D eigenvalue weighted by molar-refractivity contribution is 5.22. The van der Waals surface area contributed by atoms with Crippen LogP contribution in [0.1, 0.15) is 59.8 Å². The monoisotopic (exact) mass is 222 g/mol. The van der Waals surface area contributed by atoms with E-state index < -0.39 is 5.60 Å². The lowest BCUT2D eigenvalue weighted by Gasteiger charge is -2.31. The minimum Gasteiger partial charge on any atom is -0.390 e. The summed E-state index contributed by atoms with van der Waals surface area (Å²) in [5, 5.41) is 10.2. The van der Waals surface area contributed by atoms with E-state index in [1.807, 2.05) is 13.8 Å². The summed E-state index contributed by atoms with van der Waals surface area (Å²) >= 11 is 0. The zero-order chi connectivity index (χ0) is 11.9. The van der Waals surface area contributed by atoms with Gasteiger partial charge in [-0.1, -0.05) is 18.1 Å².